The van der Waals surface area contributed by atoms with Gasteiger partial charge in [-0.2, -0.15) is 0 Å². The molecule has 0 aliphatic rings. The fraction of sp³-hybridized carbons (Fsp3) is 0.389. The summed E-state index contributed by atoms with van der Waals surface area (Å²) in [7, 11) is 0. The van der Waals surface area contributed by atoms with Crippen LogP contribution in [0, 0.1) is 0 Å². The molecule has 1 aromatic carbocycles. The molecule has 3 N–H and O–H groups in total. The number of rotatable bonds is 5. The van der Waals surface area contributed by atoms with Gasteiger partial charge >= 0.3 is 0 Å². The Kier molecular flexibility index (Phi) is 5.03. The maximum Gasteiger partial charge on any atom is 0.226 e. The summed E-state index contributed by atoms with van der Waals surface area (Å²) < 4.78 is 0. The lowest BCUT2D eigenvalue weighted by atomic mass is 9.86. The second kappa shape index (κ2) is 6.79. The van der Waals surface area contributed by atoms with Gasteiger partial charge in [-0.05, 0) is 28.7 Å². The van der Waals surface area contributed by atoms with E-state index in [-0.39, 0.29) is 17.9 Å². The summed E-state index contributed by atoms with van der Waals surface area (Å²) in [5.74, 6) is -0.104. The molecular weight excluding hydrogens is 276 g/mol. The molecule has 1 aromatic heterocycles. The van der Waals surface area contributed by atoms with E-state index in [0.717, 1.165) is 11.3 Å². The molecule has 0 aliphatic heterocycles. The molecule has 0 spiro atoms. The maximum absolute atomic E-state index is 11.8. The number of H-pyrrole nitrogens is 1. The SMILES string of the molecule is CC(C)(C)c1ccc(C(O)CNC(=O)Cc2ccc[nH]2)cc1. The van der Waals surface area contributed by atoms with Crippen molar-refractivity contribution in [1.82, 2.24) is 10.3 Å². The quantitative estimate of drug-likeness (QED) is 0.795. The number of amides is 1. The highest BCUT2D eigenvalue weighted by Crippen LogP contribution is 2.23. The number of hydrogen-bond acceptors (Lipinski definition) is 2. The number of nitrogens with one attached hydrogen (secondary N) is 2. The first kappa shape index (κ1) is 16.3. The molecule has 4 nitrogen and oxygen atoms in total. The van der Waals surface area contributed by atoms with Crippen LogP contribution in [0.25, 0.3) is 0 Å². The number of hydrogen-bond donors (Lipinski definition) is 3. The van der Waals surface area contributed by atoms with Crippen molar-refractivity contribution in [1.29, 1.82) is 0 Å². The number of aromatic nitrogens is 1. The molecule has 1 unspecified atom stereocenters. The van der Waals surface area contributed by atoms with Crippen LogP contribution in [0.5, 0.6) is 0 Å². The van der Waals surface area contributed by atoms with Gasteiger partial charge in [0.2, 0.25) is 5.91 Å². The molecule has 0 aliphatic carbocycles. The Morgan fingerprint density at radius 1 is 1.23 bits per heavy atom. The molecule has 0 saturated carbocycles. The Morgan fingerprint density at radius 3 is 2.45 bits per heavy atom. The monoisotopic (exact) mass is 300 g/mol. The van der Waals surface area contributed by atoms with E-state index in [2.05, 4.69) is 31.1 Å². The topological polar surface area (TPSA) is 65.1 Å². The Morgan fingerprint density at radius 2 is 1.91 bits per heavy atom. The summed E-state index contributed by atoms with van der Waals surface area (Å²) >= 11 is 0. The average Bonchev–Trinajstić information content (AvgIpc) is 2.97. The number of aliphatic hydroxyl groups is 1. The summed E-state index contributed by atoms with van der Waals surface area (Å²) in [4.78, 5) is 14.8. The van der Waals surface area contributed by atoms with Crippen molar-refractivity contribution < 1.29 is 9.90 Å². The van der Waals surface area contributed by atoms with Gasteiger partial charge in [-0.25, -0.2) is 0 Å². The summed E-state index contributed by atoms with van der Waals surface area (Å²) in [5, 5.41) is 12.9. The van der Waals surface area contributed by atoms with Gasteiger partial charge in [0.05, 0.1) is 12.5 Å². The molecule has 2 rings (SSSR count). The first-order valence-electron chi connectivity index (χ1n) is 7.54. The van der Waals surface area contributed by atoms with E-state index in [4.69, 9.17) is 0 Å². The van der Waals surface area contributed by atoms with Crippen molar-refractivity contribution >= 4 is 5.91 Å². The molecular formula is C18H24N2O2. The lowest BCUT2D eigenvalue weighted by molar-refractivity contribution is -0.120. The van der Waals surface area contributed by atoms with Crippen LogP contribution < -0.4 is 5.32 Å². The van der Waals surface area contributed by atoms with Crippen LogP contribution in [-0.2, 0) is 16.6 Å². The van der Waals surface area contributed by atoms with Crippen molar-refractivity contribution in [2.24, 2.45) is 0 Å². The predicted molar refractivity (Wildman–Crippen MR) is 87.6 cm³/mol. The van der Waals surface area contributed by atoms with E-state index in [9.17, 15) is 9.90 Å². The fourth-order valence-electron chi connectivity index (χ4n) is 2.25. The lowest BCUT2D eigenvalue weighted by Gasteiger charge is -2.20. The van der Waals surface area contributed by atoms with Crippen LogP contribution >= 0.6 is 0 Å². The molecule has 22 heavy (non-hydrogen) atoms. The molecule has 118 valence electrons. The van der Waals surface area contributed by atoms with Crippen LogP contribution in [0.2, 0.25) is 0 Å². The second-order valence-corrected chi connectivity index (χ2v) is 6.56. The highest BCUT2D eigenvalue weighted by molar-refractivity contribution is 5.78. The first-order valence-corrected chi connectivity index (χ1v) is 7.54. The summed E-state index contributed by atoms with van der Waals surface area (Å²) in [6.07, 6.45) is 1.39. The van der Waals surface area contributed by atoms with Crippen molar-refractivity contribution in [3.8, 4) is 0 Å². The minimum absolute atomic E-state index is 0.0910. The molecule has 0 bridgehead atoms. The molecule has 2 aromatic rings. The van der Waals surface area contributed by atoms with Gasteiger partial charge in [0.25, 0.3) is 0 Å². The van der Waals surface area contributed by atoms with Gasteiger partial charge in [0, 0.05) is 18.4 Å². The van der Waals surface area contributed by atoms with Crippen molar-refractivity contribution in [3.05, 3.63) is 59.4 Å². The zero-order valence-corrected chi connectivity index (χ0v) is 13.4. The number of benzene rings is 1. The largest absolute Gasteiger partial charge is 0.387 e. The van der Waals surface area contributed by atoms with Crippen molar-refractivity contribution in [2.75, 3.05) is 6.54 Å². The first-order chi connectivity index (χ1) is 10.4. The molecule has 0 radical (unpaired) electrons. The van der Waals surface area contributed by atoms with Crippen LogP contribution in [-0.4, -0.2) is 22.5 Å². The Bertz CT molecular complexity index is 595. The zero-order chi connectivity index (χ0) is 16.2. The van der Waals surface area contributed by atoms with Crippen LogP contribution in [0.15, 0.2) is 42.6 Å². The lowest BCUT2D eigenvalue weighted by Crippen LogP contribution is -2.29. The van der Waals surface area contributed by atoms with E-state index >= 15 is 0 Å². The molecule has 4 heteroatoms. The highest BCUT2D eigenvalue weighted by atomic mass is 16.3. The van der Waals surface area contributed by atoms with Gasteiger partial charge in [0.1, 0.15) is 0 Å². The van der Waals surface area contributed by atoms with E-state index in [0.29, 0.717) is 6.42 Å². The Balaban J connectivity index is 1.86. The van der Waals surface area contributed by atoms with E-state index in [1.54, 1.807) is 6.20 Å². The van der Waals surface area contributed by atoms with Crippen molar-refractivity contribution in [2.45, 2.75) is 38.7 Å². The van der Waals surface area contributed by atoms with E-state index < -0.39 is 6.10 Å². The van der Waals surface area contributed by atoms with Crippen LogP contribution in [0.4, 0.5) is 0 Å². The van der Waals surface area contributed by atoms with E-state index in [1.807, 2.05) is 36.4 Å². The van der Waals surface area contributed by atoms with Gasteiger partial charge in [0.15, 0.2) is 0 Å². The van der Waals surface area contributed by atoms with Gasteiger partial charge in [-0.3, -0.25) is 4.79 Å². The number of carbonyl (C=O) groups is 1. The summed E-state index contributed by atoms with van der Waals surface area (Å²) in [6, 6.07) is 11.6. The zero-order valence-electron chi connectivity index (χ0n) is 13.4. The van der Waals surface area contributed by atoms with Crippen LogP contribution in [0.1, 0.15) is 43.7 Å². The third kappa shape index (κ3) is 4.46. The summed E-state index contributed by atoms with van der Waals surface area (Å²) in [5.41, 5.74) is 2.99. The number of aromatic amines is 1. The molecule has 1 amide bonds. The third-order valence-electron chi connectivity index (χ3n) is 3.67. The minimum Gasteiger partial charge on any atom is -0.387 e. The highest BCUT2D eigenvalue weighted by Gasteiger charge is 2.15. The van der Waals surface area contributed by atoms with Crippen molar-refractivity contribution in [3.63, 3.8) is 0 Å². The fourth-order valence-corrected chi connectivity index (χ4v) is 2.25. The Labute approximate surface area is 131 Å². The second-order valence-electron chi connectivity index (χ2n) is 6.56. The number of aliphatic hydroxyl groups excluding tert-OH is 1. The van der Waals surface area contributed by atoms with Gasteiger partial charge in [-0.1, -0.05) is 45.0 Å². The molecule has 1 heterocycles. The molecule has 0 fully saturated rings. The molecule has 1 atom stereocenters. The van der Waals surface area contributed by atoms with Gasteiger partial charge in [-0.15, -0.1) is 0 Å². The third-order valence-corrected chi connectivity index (χ3v) is 3.67. The summed E-state index contributed by atoms with van der Waals surface area (Å²) in [6.45, 7) is 6.67. The van der Waals surface area contributed by atoms with E-state index in [1.165, 1.54) is 5.56 Å². The average molecular weight is 300 g/mol. The van der Waals surface area contributed by atoms with Gasteiger partial charge < -0.3 is 15.4 Å². The smallest absolute Gasteiger partial charge is 0.226 e. The minimum atomic E-state index is -0.693. The normalized spacial score (nSPS) is 12.9. The maximum atomic E-state index is 11.8. The van der Waals surface area contributed by atoms with Crippen LogP contribution in [0.3, 0.4) is 0 Å². The standard InChI is InChI=1S/C18H24N2O2/c1-18(2,3)14-8-6-13(7-9-14)16(21)12-20-17(22)11-15-5-4-10-19-15/h4-10,16,19,21H,11-12H2,1-3H3,(H,20,22). The number of carbonyl (C=O) groups excluding carboxylic acids is 1. The predicted octanol–water partition coefficient (Wildman–Crippen LogP) is 2.70. The molecule has 0 saturated heterocycles. The Hall–Kier alpha value is -2.07.